The number of carbonyl (C=O) groups is 1. The Morgan fingerprint density at radius 2 is 1.89 bits per heavy atom. The smallest absolute Gasteiger partial charge is 0.260 e. The summed E-state index contributed by atoms with van der Waals surface area (Å²) >= 11 is 0. The maximum Gasteiger partial charge on any atom is 0.260 e. The third kappa shape index (κ3) is 3.59. The van der Waals surface area contributed by atoms with Gasteiger partial charge in [-0.05, 0) is 55.6 Å². The van der Waals surface area contributed by atoms with E-state index in [4.69, 9.17) is 4.74 Å². The van der Waals surface area contributed by atoms with Crippen LogP contribution in [-0.4, -0.2) is 49.0 Å². The number of likely N-dealkylation sites (tertiary alicyclic amines) is 2. The van der Waals surface area contributed by atoms with Gasteiger partial charge in [0.25, 0.3) is 5.91 Å². The van der Waals surface area contributed by atoms with Crippen molar-refractivity contribution in [1.82, 2.24) is 9.80 Å². The SMILES string of the molecule is Cc1cccc(OCC(=O)N2C[C@@H]3CN(C)[C@H](c4ccccc4C)[C@@H]3C2)c1. The Kier molecular flexibility index (Phi) is 4.92. The van der Waals surface area contributed by atoms with Crippen molar-refractivity contribution in [1.29, 1.82) is 0 Å². The molecule has 2 aromatic rings. The van der Waals surface area contributed by atoms with Crippen molar-refractivity contribution in [3.8, 4) is 5.75 Å². The second-order valence-electron chi connectivity index (χ2n) is 8.07. The van der Waals surface area contributed by atoms with Crippen LogP contribution in [0.4, 0.5) is 0 Å². The van der Waals surface area contributed by atoms with Gasteiger partial charge in [0.1, 0.15) is 5.75 Å². The predicted molar refractivity (Wildman–Crippen MR) is 107 cm³/mol. The Balaban J connectivity index is 1.42. The summed E-state index contributed by atoms with van der Waals surface area (Å²) in [4.78, 5) is 17.2. The number of hydrogen-bond acceptors (Lipinski definition) is 3. The third-order valence-corrected chi connectivity index (χ3v) is 6.11. The van der Waals surface area contributed by atoms with Gasteiger partial charge in [-0.15, -0.1) is 0 Å². The molecule has 4 heteroatoms. The molecule has 3 atom stereocenters. The molecule has 2 aliphatic heterocycles. The number of hydrogen-bond donors (Lipinski definition) is 0. The van der Waals surface area contributed by atoms with Gasteiger partial charge in [-0.25, -0.2) is 0 Å². The van der Waals surface area contributed by atoms with Gasteiger partial charge in [0.15, 0.2) is 6.61 Å². The second-order valence-corrected chi connectivity index (χ2v) is 8.07. The summed E-state index contributed by atoms with van der Waals surface area (Å²) < 4.78 is 5.73. The van der Waals surface area contributed by atoms with Crippen LogP contribution >= 0.6 is 0 Å². The summed E-state index contributed by atoms with van der Waals surface area (Å²) in [6.45, 7) is 7.04. The van der Waals surface area contributed by atoms with Crippen LogP contribution in [0.2, 0.25) is 0 Å². The molecule has 0 radical (unpaired) electrons. The van der Waals surface area contributed by atoms with Crippen molar-refractivity contribution in [2.45, 2.75) is 19.9 Å². The summed E-state index contributed by atoms with van der Waals surface area (Å²) in [6, 6.07) is 16.9. The fraction of sp³-hybridized carbons (Fsp3) is 0.435. The number of benzene rings is 2. The Bertz CT molecular complexity index is 835. The van der Waals surface area contributed by atoms with Crippen LogP contribution in [0.15, 0.2) is 48.5 Å². The van der Waals surface area contributed by atoms with Gasteiger partial charge in [0.05, 0.1) is 0 Å². The number of aryl methyl sites for hydroxylation is 2. The van der Waals surface area contributed by atoms with E-state index in [1.165, 1.54) is 11.1 Å². The molecule has 2 aliphatic rings. The zero-order chi connectivity index (χ0) is 19.0. The highest BCUT2D eigenvalue weighted by Crippen LogP contribution is 2.44. The topological polar surface area (TPSA) is 32.8 Å². The third-order valence-electron chi connectivity index (χ3n) is 6.11. The van der Waals surface area contributed by atoms with E-state index in [9.17, 15) is 4.79 Å². The summed E-state index contributed by atoms with van der Waals surface area (Å²) in [5.74, 6) is 1.90. The first-order chi connectivity index (χ1) is 13.0. The minimum Gasteiger partial charge on any atom is -0.484 e. The second kappa shape index (κ2) is 7.35. The molecular formula is C23H28N2O2. The standard InChI is InChI=1S/C23H28N2O2/c1-16-7-6-9-19(11-16)27-15-22(26)25-13-18-12-24(3)23(21(18)14-25)20-10-5-4-8-17(20)2/h4-11,18,21,23H,12-15H2,1-3H3/t18-,21+,23+/m0/s1. The Hall–Kier alpha value is -2.33. The molecule has 142 valence electrons. The highest BCUT2D eigenvalue weighted by molar-refractivity contribution is 5.78. The number of nitrogens with zero attached hydrogens (tertiary/aromatic N) is 2. The van der Waals surface area contributed by atoms with Gasteiger partial charge in [0, 0.05) is 31.6 Å². The minimum absolute atomic E-state index is 0.0945. The molecule has 0 saturated carbocycles. The highest BCUT2D eigenvalue weighted by Gasteiger charge is 2.47. The van der Waals surface area contributed by atoms with Crippen molar-refractivity contribution in [3.05, 3.63) is 65.2 Å². The maximum atomic E-state index is 12.7. The molecule has 4 rings (SSSR count). The first-order valence-electron chi connectivity index (χ1n) is 9.76. The van der Waals surface area contributed by atoms with E-state index in [2.05, 4.69) is 43.1 Å². The molecule has 27 heavy (non-hydrogen) atoms. The highest BCUT2D eigenvalue weighted by atomic mass is 16.5. The quantitative estimate of drug-likeness (QED) is 0.833. The summed E-state index contributed by atoms with van der Waals surface area (Å²) in [5, 5.41) is 0. The molecule has 0 unspecified atom stereocenters. The van der Waals surface area contributed by atoms with E-state index in [1.54, 1.807) is 0 Å². The monoisotopic (exact) mass is 364 g/mol. The minimum atomic E-state index is 0.0945. The molecule has 0 aliphatic carbocycles. The van der Waals surface area contributed by atoms with E-state index < -0.39 is 0 Å². The number of carbonyl (C=O) groups excluding carboxylic acids is 1. The lowest BCUT2D eigenvalue weighted by atomic mass is 9.88. The van der Waals surface area contributed by atoms with Gasteiger partial charge in [-0.1, -0.05) is 36.4 Å². The molecule has 4 nitrogen and oxygen atoms in total. The van der Waals surface area contributed by atoms with Crippen LogP contribution in [0, 0.1) is 25.7 Å². The molecule has 2 saturated heterocycles. The van der Waals surface area contributed by atoms with Gasteiger partial charge < -0.3 is 9.64 Å². The average Bonchev–Trinajstić information content (AvgIpc) is 3.17. The van der Waals surface area contributed by atoms with Gasteiger partial charge >= 0.3 is 0 Å². The van der Waals surface area contributed by atoms with Crippen molar-refractivity contribution in [2.75, 3.05) is 33.3 Å². The van der Waals surface area contributed by atoms with Crippen LogP contribution in [0.1, 0.15) is 22.7 Å². The van der Waals surface area contributed by atoms with E-state index in [-0.39, 0.29) is 12.5 Å². The Morgan fingerprint density at radius 1 is 1.07 bits per heavy atom. The molecule has 0 spiro atoms. The first kappa shape index (κ1) is 18.1. The number of amides is 1. The lowest BCUT2D eigenvalue weighted by Gasteiger charge is -2.28. The number of fused-ring (bicyclic) bond motifs is 1. The molecule has 0 N–H and O–H groups in total. The summed E-state index contributed by atoms with van der Waals surface area (Å²) in [6.07, 6.45) is 0. The van der Waals surface area contributed by atoms with Crippen LogP contribution in [-0.2, 0) is 4.79 Å². The van der Waals surface area contributed by atoms with Crippen molar-refractivity contribution < 1.29 is 9.53 Å². The molecule has 1 amide bonds. The maximum absolute atomic E-state index is 12.7. The summed E-state index contributed by atoms with van der Waals surface area (Å²) in [7, 11) is 2.21. The van der Waals surface area contributed by atoms with E-state index >= 15 is 0 Å². The summed E-state index contributed by atoms with van der Waals surface area (Å²) in [5.41, 5.74) is 3.88. The van der Waals surface area contributed by atoms with Crippen LogP contribution in [0.3, 0.4) is 0 Å². The fourth-order valence-corrected chi connectivity index (χ4v) is 4.79. The predicted octanol–water partition coefficient (Wildman–Crippen LogP) is 3.44. The fourth-order valence-electron chi connectivity index (χ4n) is 4.79. The van der Waals surface area contributed by atoms with Gasteiger partial charge in [0.2, 0.25) is 0 Å². The van der Waals surface area contributed by atoms with Crippen molar-refractivity contribution in [2.24, 2.45) is 11.8 Å². The van der Waals surface area contributed by atoms with E-state index in [1.807, 2.05) is 36.1 Å². The van der Waals surface area contributed by atoms with Crippen molar-refractivity contribution >= 4 is 5.91 Å². The van der Waals surface area contributed by atoms with E-state index in [0.717, 1.165) is 30.9 Å². The molecule has 0 bridgehead atoms. The number of ether oxygens (including phenoxy) is 1. The lowest BCUT2D eigenvalue weighted by molar-refractivity contribution is -0.132. The van der Waals surface area contributed by atoms with Gasteiger partial charge in [-0.2, -0.15) is 0 Å². The molecular weight excluding hydrogens is 336 g/mol. The van der Waals surface area contributed by atoms with Crippen LogP contribution < -0.4 is 4.74 Å². The zero-order valence-corrected chi connectivity index (χ0v) is 16.4. The molecule has 0 aromatic heterocycles. The Labute approximate surface area is 161 Å². The Morgan fingerprint density at radius 3 is 2.67 bits per heavy atom. The molecule has 2 aromatic carbocycles. The first-order valence-corrected chi connectivity index (χ1v) is 9.76. The van der Waals surface area contributed by atoms with E-state index in [0.29, 0.717) is 17.9 Å². The normalized spacial score (nSPS) is 24.9. The average molecular weight is 364 g/mol. The van der Waals surface area contributed by atoms with Crippen molar-refractivity contribution in [3.63, 3.8) is 0 Å². The van der Waals surface area contributed by atoms with Crippen LogP contribution in [0.25, 0.3) is 0 Å². The molecule has 2 heterocycles. The van der Waals surface area contributed by atoms with Crippen LogP contribution in [0.5, 0.6) is 5.75 Å². The molecule has 2 fully saturated rings. The number of rotatable bonds is 4. The lowest BCUT2D eigenvalue weighted by Crippen LogP contribution is -2.36. The largest absolute Gasteiger partial charge is 0.484 e. The zero-order valence-electron chi connectivity index (χ0n) is 16.4. The van der Waals surface area contributed by atoms with Gasteiger partial charge in [-0.3, -0.25) is 9.69 Å².